The van der Waals surface area contributed by atoms with E-state index in [4.69, 9.17) is 11.6 Å². The standard InChI is InChI=1S/C19H25ClN4O.Tl/c20-16-4-6-17(7-5-16)23-19(25)15-8-11-24(12-9-15)10-2-1-3-18-13-21-14-22-18;/h4-7,13-15H,1-3,8-12H2,(H2,21,22,23,25);/q;+1/p-1. The van der Waals surface area contributed by atoms with Crippen LogP contribution in [0.4, 0.5) is 5.69 Å². The van der Waals surface area contributed by atoms with Crippen molar-refractivity contribution in [1.29, 1.82) is 0 Å². The van der Waals surface area contributed by atoms with E-state index in [1.54, 1.807) is 12.1 Å². The van der Waals surface area contributed by atoms with Crippen molar-refractivity contribution >= 4 is 49.3 Å². The number of unbranched alkanes of at least 4 members (excludes halogenated alkanes) is 1. The molecule has 7 heteroatoms. The van der Waals surface area contributed by atoms with Crippen LogP contribution >= 0.6 is 11.6 Å². The Balaban J connectivity index is 1.33. The van der Waals surface area contributed by atoms with Gasteiger partial charge in [0.15, 0.2) is 0 Å². The zero-order valence-corrected chi connectivity index (χ0v) is 20.1. The van der Waals surface area contributed by atoms with Crippen molar-refractivity contribution in [2.75, 3.05) is 25.0 Å². The van der Waals surface area contributed by atoms with Gasteiger partial charge in [0.1, 0.15) is 0 Å². The minimum atomic E-state index is 0.112. The summed E-state index contributed by atoms with van der Waals surface area (Å²) >= 11 is 6.69. The molecule has 1 N–H and O–H groups in total. The van der Waals surface area contributed by atoms with Crippen LogP contribution in [0.5, 0.6) is 0 Å². The van der Waals surface area contributed by atoms with Gasteiger partial charge in [0.25, 0.3) is 0 Å². The van der Waals surface area contributed by atoms with E-state index in [0.717, 1.165) is 70.6 Å². The summed E-state index contributed by atoms with van der Waals surface area (Å²) in [6.45, 7) is 3.14. The number of anilines is 1. The number of nitrogens with zero attached hydrogens (tertiary/aromatic N) is 3. The summed E-state index contributed by atoms with van der Waals surface area (Å²) in [7, 11) is 0. The number of aryl methyl sites for hydroxylation is 1. The van der Waals surface area contributed by atoms with Crippen molar-refractivity contribution in [2.24, 2.45) is 5.92 Å². The van der Waals surface area contributed by atoms with Gasteiger partial charge in [0, 0.05) is 10.7 Å². The number of rotatable bonds is 7. The van der Waals surface area contributed by atoms with Crippen LogP contribution in [0.15, 0.2) is 36.8 Å². The van der Waals surface area contributed by atoms with Gasteiger partial charge in [-0.1, -0.05) is 11.6 Å². The summed E-state index contributed by atoms with van der Waals surface area (Å²) in [6.07, 6.45) is 9.40. The summed E-state index contributed by atoms with van der Waals surface area (Å²) in [5.41, 5.74) is 2.03. The molecule has 5 nitrogen and oxygen atoms in total. The predicted molar refractivity (Wildman–Crippen MR) is 106 cm³/mol. The van der Waals surface area contributed by atoms with Gasteiger partial charge in [-0.05, 0) is 24.3 Å². The summed E-state index contributed by atoms with van der Waals surface area (Å²) in [5, 5.41) is 3.69. The van der Waals surface area contributed by atoms with Crippen LogP contribution in [0.25, 0.3) is 0 Å². The first kappa shape index (κ1) is 19.8. The Morgan fingerprint density at radius 1 is 1.23 bits per heavy atom. The molecule has 1 aromatic heterocycles. The summed E-state index contributed by atoms with van der Waals surface area (Å²) in [6, 6.07) is 7.29. The van der Waals surface area contributed by atoms with Crippen LogP contribution < -0.4 is 5.32 Å². The molecule has 1 aromatic carbocycles. The SMILES string of the molecule is O=C(Nc1ccc(Cl)cc1)C1CCN(CCCCc2c[n]([Tl])cn2)CC1. The van der Waals surface area contributed by atoms with Crippen LogP contribution in [0, 0.1) is 5.92 Å². The van der Waals surface area contributed by atoms with Gasteiger partial charge in [-0.25, -0.2) is 0 Å². The molecule has 1 saturated heterocycles. The maximum absolute atomic E-state index is 12.4. The molecule has 136 valence electrons. The van der Waals surface area contributed by atoms with E-state index in [2.05, 4.69) is 23.8 Å². The molecule has 2 heterocycles. The van der Waals surface area contributed by atoms with E-state index in [1.807, 2.05) is 18.5 Å². The zero-order chi connectivity index (χ0) is 18.4. The molecule has 0 unspecified atom stereocenters. The second-order valence-electron chi connectivity index (χ2n) is 6.88. The van der Waals surface area contributed by atoms with Crippen LogP contribution in [0.3, 0.4) is 0 Å². The number of nitrogens with one attached hydrogen (secondary N) is 1. The molecule has 3 rings (SSSR count). The zero-order valence-electron chi connectivity index (χ0n) is 14.9. The summed E-state index contributed by atoms with van der Waals surface area (Å²) in [4.78, 5) is 19.3. The molecule has 1 aliphatic rings. The minimum absolute atomic E-state index is 0.112. The third-order valence-corrected chi connectivity index (χ3v) is 6.23. The molecule has 26 heavy (non-hydrogen) atoms. The van der Waals surface area contributed by atoms with E-state index >= 15 is 0 Å². The Morgan fingerprint density at radius 3 is 2.62 bits per heavy atom. The second kappa shape index (κ2) is 9.85. The van der Waals surface area contributed by atoms with Crippen molar-refractivity contribution in [3.8, 4) is 0 Å². The van der Waals surface area contributed by atoms with E-state index in [9.17, 15) is 4.79 Å². The number of aromatic nitrogens is 2. The van der Waals surface area contributed by atoms with Crippen molar-refractivity contribution in [3.63, 3.8) is 0 Å². The summed E-state index contributed by atoms with van der Waals surface area (Å²) in [5.74, 6) is 0.242. The third-order valence-electron chi connectivity index (χ3n) is 4.88. The average molecular weight is 564 g/mol. The first-order valence-electron chi connectivity index (χ1n) is 9.17. The van der Waals surface area contributed by atoms with Crippen LogP contribution in [0.1, 0.15) is 31.4 Å². The fraction of sp³-hybridized carbons (Fsp3) is 0.474. The number of hydrogen-bond acceptors (Lipinski definition) is 3. The molecule has 0 bridgehead atoms. The number of likely N-dealkylation sites (tertiary alicyclic amines) is 1. The van der Waals surface area contributed by atoms with Crippen LogP contribution in [0.2, 0.25) is 5.02 Å². The molecular formula is C19H24ClN4OTl. The second-order valence-corrected chi connectivity index (χ2v) is 9.64. The molecule has 1 amide bonds. The van der Waals surface area contributed by atoms with E-state index in [0.29, 0.717) is 5.02 Å². The van der Waals surface area contributed by atoms with Crippen LogP contribution in [-0.4, -0.2) is 63.9 Å². The first-order valence-corrected chi connectivity index (χ1v) is 11.6. The van der Waals surface area contributed by atoms with Gasteiger partial charge in [0.2, 0.25) is 0 Å². The number of carbonyl (C=O) groups is 1. The van der Waals surface area contributed by atoms with E-state index in [1.165, 1.54) is 18.5 Å². The van der Waals surface area contributed by atoms with Crippen molar-refractivity contribution in [1.82, 2.24) is 12.3 Å². The van der Waals surface area contributed by atoms with Crippen molar-refractivity contribution < 1.29 is 4.79 Å². The maximum atomic E-state index is 12.4. The van der Waals surface area contributed by atoms with Gasteiger partial charge in [0.05, 0.1) is 0 Å². The van der Waals surface area contributed by atoms with E-state index in [-0.39, 0.29) is 11.8 Å². The molecule has 1 fully saturated rings. The monoisotopic (exact) mass is 564 g/mol. The number of benzene rings is 1. The quantitative estimate of drug-likeness (QED) is 0.416. The molecule has 0 atom stereocenters. The number of halogens is 1. The van der Waals surface area contributed by atoms with Crippen LogP contribution in [-0.2, 0) is 11.2 Å². The molecule has 0 aliphatic carbocycles. The van der Waals surface area contributed by atoms with Crippen molar-refractivity contribution in [2.45, 2.75) is 32.1 Å². The molecular weight excluding hydrogens is 540 g/mol. The van der Waals surface area contributed by atoms with Gasteiger partial charge in [-0.15, -0.1) is 0 Å². The normalized spacial score (nSPS) is 15.8. The Labute approximate surface area is 176 Å². The van der Waals surface area contributed by atoms with Gasteiger partial charge in [-0.2, -0.15) is 0 Å². The first-order chi connectivity index (χ1) is 12.6. The summed E-state index contributed by atoms with van der Waals surface area (Å²) < 4.78 is 2.16. The number of imidazole rings is 1. The van der Waals surface area contributed by atoms with Crippen molar-refractivity contribution in [3.05, 3.63) is 47.5 Å². The molecule has 1 aliphatic heterocycles. The number of piperidine rings is 1. The number of carbonyl (C=O) groups excluding carboxylic acids is 1. The van der Waals surface area contributed by atoms with Gasteiger partial charge < -0.3 is 5.32 Å². The van der Waals surface area contributed by atoms with Gasteiger partial charge >= 0.3 is 120 Å². The predicted octanol–water partition coefficient (Wildman–Crippen LogP) is 3.14. The average Bonchev–Trinajstić information content (AvgIpc) is 3.06. The molecule has 0 spiro atoms. The number of hydrogen-bond donors (Lipinski definition) is 1. The topological polar surface area (TPSA) is 50.2 Å². The van der Waals surface area contributed by atoms with Gasteiger partial charge in [-0.3, -0.25) is 4.79 Å². The number of amides is 1. The fourth-order valence-corrected chi connectivity index (χ4v) is 4.40. The Bertz CT molecular complexity index is 711. The Kier molecular flexibility index (Phi) is 7.51. The third kappa shape index (κ3) is 6.06. The van der Waals surface area contributed by atoms with E-state index < -0.39 is 0 Å². The molecule has 2 aromatic rings. The Morgan fingerprint density at radius 2 is 1.96 bits per heavy atom. The molecule has 0 saturated carbocycles. The fourth-order valence-electron chi connectivity index (χ4n) is 3.35. The Hall–Kier alpha value is -0.928. The molecule has 0 radical (unpaired) electrons.